The fourth-order valence-electron chi connectivity index (χ4n) is 3.65. The molecule has 0 bridgehead atoms. The Morgan fingerprint density at radius 3 is 2.68 bits per heavy atom. The number of fused-ring (bicyclic) bond motifs is 1. The number of nitrogens with one attached hydrogen (secondary N) is 1. The monoisotopic (exact) mass is 440 g/mol. The fraction of sp³-hybridized carbons (Fsp3) is 0.381. The number of carbonyl (C=O) groups is 2. The highest BCUT2D eigenvalue weighted by Gasteiger charge is 2.25. The van der Waals surface area contributed by atoms with Gasteiger partial charge in [-0.25, -0.2) is 4.68 Å². The minimum Gasteiger partial charge on any atom is -0.486 e. The quantitative estimate of drug-likeness (QED) is 0.581. The fourth-order valence-corrected chi connectivity index (χ4v) is 4.94. The van der Waals surface area contributed by atoms with Crippen molar-refractivity contribution >= 4 is 28.2 Å². The van der Waals surface area contributed by atoms with Crippen molar-refractivity contribution in [2.24, 2.45) is 5.73 Å². The minimum atomic E-state index is -0.498. The van der Waals surface area contributed by atoms with Crippen molar-refractivity contribution in [1.29, 1.82) is 0 Å². The van der Waals surface area contributed by atoms with Gasteiger partial charge in [0.15, 0.2) is 5.82 Å². The topological polar surface area (TPSA) is 125 Å². The summed E-state index contributed by atoms with van der Waals surface area (Å²) in [6.07, 6.45) is 3.86. The summed E-state index contributed by atoms with van der Waals surface area (Å²) in [5.74, 6) is 0.426. The van der Waals surface area contributed by atoms with Crippen LogP contribution in [0, 0.1) is 0 Å². The molecule has 0 fully saturated rings. The number of thiophene rings is 1. The molecule has 10 heteroatoms. The largest absolute Gasteiger partial charge is 0.486 e. The molecular formula is C21H24N6O3S. The summed E-state index contributed by atoms with van der Waals surface area (Å²) >= 11 is 1.45. The lowest BCUT2D eigenvalue weighted by molar-refractivity contribution is 0.100. The van der Waals surface area contributed by atoms with Crippen molar-refractivity contribution in [2.45, 2.75) is 52.2 Å². The molecule has 0 aliphatic heterocycles. The molecule has 1 aliphatic carbocycles. The number of hydrogen-bond acceptors (Lipinski definition) is 7. The third-order valence-corrected chi connectivity index (χ3v) is 6.39. The van der Waals surface area contributed by atoms with Crippen molar-refractivity contribution in [3.05, 3.63) is 51.7 Å². The Hall–Kier alpha value is -3.27. The molecule has 0 radical (unpaired) electrons. The maximum absolute atomic E-state index is 12.8. The Balaban J connectivity index is 1.44. The third-order valence-electron chi connectivity index (χ3n) is 5.18. The number of anilines is 1. The lowest BCUT2D eigenvalue weighted by Crippen LogP contribution is -2.18. The van der Waals surface area contributed by atoms with Gasteiger partial charge in [0.1, 0.15) is 17.4 Å². The highest BCUT2D eigenvalue weighted by molar-refractivity contribution is 7.17. The van der Waals surface area contributed by atoms with E-state index in [4.69, 9.17) is 10.5 Å². The number of ether oxygens (including phenoxy) is 1. The van der Waals surface area contributed by atoms with Gasteiger partial charge in [-0.05, 0) is 79.8 Å². The van der Waals surface area contributed by atoms with Gasteiger partial charge in [0.05, 0.1) is 11.6 Å². The van der Waals surface area contributed by atoms with Gasteiger partial charge in [0.2, 0.25) is 0 Å². The second kappa shape index (κ2) is 8.84. The van der Waals surface area contributed by atoms with Gasteiger partial charge in [-0.3, -0.25) is 9.59 Å². The highest BCUT2D eigenvalue weighted by Crippen LogP contribution is 2.38. The van der Waals surface area contributed by atoms with Crippen molar-refractivity contribution in [1.82, 2.24) is 20.2 Å². The number of rotatable bonds is 7. The van der Waals surface area contributed by atoms with Crippen LogP contribution in [-0.4, -0.2) is 32.0 Å². The molecule has 2 amide bonds. The van der Waals surface area contributed by atoms with E-state index in [1.165, 1.54) is 11.3 Å². The number of primary amides is 1. The number of aryl methyl sites for hydroxylation is 1. The van der Waals surface area contributed by atoms with E-state index < -0.39 is 5.91 Å². The normalized spacial score (nSPS) is 13.1. The second-order valence-corrected chi connectivity index (χ2v) is 8.79. The van der Waals surface area contributed by atoms with Crippen LogP contribution >= 0.6 is 11.3 Å². The van der Waals surface area contributed by atoms with E-state index in [1.807, 2.05) is 13.8 Å². The van der Waals surface area contributed by atoms with Gasteiger partial charge in [-0.2, -0.15) is 0 Å². The van der Waals surface area contributed by atoms with Crippen LogP contribution in [0.2, 0.25) is 0 Å². The van der Waals surface area contributed by atoms with Crippen LogP contribution in [0.5, 0.6) is 5.75 Å². The van der Waals surface area contributed by atoms with Gasteiger partial charge < -0.3 is 15.8 Å². The van der Waals surface area contributed by atoms with Crippen LogP contribution in [0.3, 0.4) is 0 Å². The summed E-state index contributed by atoms with van der Waals surface area (Å²) in [5.41, 5.74) is 7.51. The van der Waals surface area contributed by atoms with E-state index in [9.17, 15) is 9.59 Å². The number of hydrogen-bond donors (Lipinski definition) is 2. The number of carbonyl (C=O) groups excluding carboxylic acids is 2. The molecule has 9 nitrogen and oxygen atoms in total. The molecule has 0 atom stereocenters. The first-order valence-electron chi connectivity index (χ1n) is 10.2. The molecule has 3 N–H and O–H groups in total. The Kier molecular flexibility index (Phi) is 5.99. The van der Waals surface area contributed by atoms with Crippen molar-refractivity contribution < 1.29 is 14.3 Å². The zero-order chi connectivity index (χ0) is 22.0. The smallest absolute Gasteiger partial charge is 0.256 e. The molecule has 0 unspecified atom stereocenters. The first-order chi connectivity index (χ1) is 14.9. The van der Waals surface area contributed by atoms with Crippen LogP contribution in [0.25, 0.3) is 0 Å². The Bertz CT molecular complexity index is 1100. The summed E-state index contributed by atoms with van der Waals surface area (Å²) in [7, 11) is 0. The summed E-state index contributed by atoms with van der Waals surface area (Å²) < 4.78 is 7.44. The molecule has 2 aromatic heterocycles. The summed E-state index contributed by atoms with van der Waals surface area (Å²) in [6, 6.07) is 6.91. The second-order valence-electron chi connectivity index (χ2n) is 7.68. The molecule has 1 aliphatic rings. The average Bonchev–Trinajstić information content (AvgIpc) is 3.36. The molecule has 2 heterocycles. The molecule has 3 aromatic rings. The zero-order valence-corrected chi connectivity index (χ0v) is 18.2. The third kappa shape index (κ3) is 4.43. The molecular weight excluding hydrogens is 416 g/mol. The molecule has 162 valence electrons. The van der Waals surface area contributed by atoms with E-state index in [0.717, 1.165) is 36.1 Å². The molecule has 0 spiro atoms. The van der Waals surface area contributed by atoms with Crippen molar-refractivity contribution in [3.63, 3.8) is 0 Å². The Morgan fingerprint density at radius 2 is 1.97 bits per heavy atom. The number of tetrazole rings is 1. The van der Waals surface area contributed by atoms with Gasteiger partial charge in [0, 0.05) is 10.4 Å². The number of nitrogens with two attached hydrogens (primary N) is 1. The standard InChI is InChI=1S/C21H24N6O3S/c1-12(2)27-17(24-25-26-27)11-30-14-9-7-13(8-10-14)20(29)23-21-18(19(22)28)15-5-3-4-6-16(15)31-21/h7-10,12H,3-6,11H2,1-2H3,(H2,22,28)(H,23,29). The van der Waals surface area contributed by atoms with Crippen LogP contribution in [0.4, 0.5) is 5.00 Å². The number of amides is 2. The first-order valence-corrected chi connectivity index (χ1v) is 11.0. The van der Waals surface area contributed by atoms with E-state index in [2.05, 4.69) is 20.8 Å². The number of aromatic nitrogens is 4. The summed E-state index contributed by atoms with van der Waals surface area (Å²) in [5, 5.41) is 15.0. The predicted octanol–water partition coefficient (Wildman–Crippen LogP) is 3.12. The van der Waals surface area contributed by atoms with E-state index in [-0.39, 0.29) is 18.6 Å². The summed E-state index contributed by atoms with van der Waals surface area (Å²) in [4.78, 5) is 25.9. The van der Waals surface area contributed by atoms with Gasteiger partial charge in [-0.1, -0.05) is 0 Å². The number of nitrogens with zero attached hydrogens (tertiary/aromatic N) is 4. The van der Waals surface area contributed by atoms with Crippen LogP contribution in [0.1, 0.15) is 69.7 Å². The molecule has 4 rings (SSSR count). The molecule has 1 aromatic carbocycles. The van der Waals surface area contributed by atoms with E-state index >= 15 is 0 Å². The first kappa shape index (κ1) is 21.0. The van der Waals surface area contributed by atoms with E-state index in [0.29, 0.717) is 27.7 Å². The van der Waals surface area contributed by atoms with Gasteiger partial charge >= 0.3 is 0 Å². The van der Waals surface area contributed by atoms with Crippen LogP contribution in [0.15, 0.2) is 24.3 Å². The minimum absolute atomic E-state index is 0.132. The maximum atomic E-state index is 12.8. The average molecular weight is 441 g/mol. The predicted molar refractivity (Wildman–Crippen MR) is 116 cm³/mol. The summed E-state index contributed by atoms with van der Waals surface area (Å²) in [6.45, 7) is 4.20. The zero-order valence-electron chi connectivity index (χ0n) is 17.4. The lowest BCUT2D eigenvalue weighted by Gasteiger charge is -2.11. The van der Waals surface area contributed by atoms with Crippen LogP contribution < -0.4 is 15.8 Å². The maximum Gasteiger partial charge on any atom is 0.256 e. The van der Waals surface area contributed by atoms with Crippen LogP contribution in [-0.2, 0) is 19.4 Å². The highest BCUT2D eigenvalue weighted by atomic mass is 32.1. The SMILES string of the molecule is CC(C)n1nnnc1COc1ccc(C(=O)Nc2sc3c(c2C(N)=O)CCCC3)cc1. The Labute approximate surface area is 183 Å². The number of benzene rings is 1. The molecule has 0 saturated heterocycles. The van der Waals surface area contributed by atoms with Crippen molar-refractivity contribution in [2.75, 3.05) is 5.32 Å². The van der Waals surface area contributed by atoms with Gasteiger partial charge in [0.25, 0.3) is 11.8 Å². The lowest BCUT2D eigenvalue weighted by atomic mass is 9.95. The van der Waals surface area contributed by atoms with Gasteiger partial charge in [-0.15, -0.1) is 16.4 Å². The molecule has 0 saturated carbocycles. The Morgan fingerprint density at radius 1 is 1.23 bits per heavy atom. The van der Waals surface area contributed by atoms with E-state index in [1.54, 1.807) is 28.9 Å². The molecule has 31 heavy (non-hydrogen) atoms. The van der Waals surface area contributed by atoms with Crippen molar-refractivity contribution in [3.8, 4) is 5.75 Å².